The molecule has 5 N–H and O–H groups in total. The fourth-order valence-corrected chi connectivity index (χ4v) is 2.29. The molecule has 20 heavy (non-hydrogen) atoms. The molecule has 0 atom stereocenters. The number of nitrogens with one attached hydrogen (secondary N) is 2. The number of rotatable bonds is 4. The molecule has 1 saturated heterocycles. The van der Waals surface area contributed by atoms with Crippen molar-refractivity contribution in [3.63, 3.8) is 0 Å². The predicted molar refractivity (Wildman–Crippen MR) is 73.3 cm³/mol. The van der Waals surface area contributed by atoms with Crippen molar-refractivity contribution in [3.8, 4) is 0 Å². The van der Waals surface area contributed by atoms with E-state index >= 15 is 0 Å². The van der Waals surface area contributed by atoms with Gasteiger partial charge in [0.15, 0.2) is 0 Å². The van der Waals surface area contributed by atoms with Crippen LogP contribution in [-0.2, 0) is 4.74 Å². The Labute approximate surface area is 116 Å². The molecule has 1 aromatic rings. The minimum Gasteiger partial charge on any atom is -0.393 e. The van der Waals surface area contributed by atoms with Crippen LogP contribution >= 0.6 is 0 Å². The number of aliphatic hydroxyl groups excluding tert-OH is 1. The van der Waals surface area contributed by atoms with Crippen LogP contribution in [0.5, 0.6) is 0 Å². The second kappa shape index (κ2) is 5.73. The first-order valence-electron chi connectivity index (χ1n) is 6.74. The van der Waals surface area contributed by atoms with Gasteiger partial charge in [0.25, 0.3) is 0 Å². The Kier molecular flexibility index (Phi) is 3.81. The van der Waals surface area contributed by atoms with Crippen LogP contribution in [0.1, 0.15) is 12.8 Å². The molecule has 9 nitrogen and oxygen atoms in total. The lowest BCUT2D eigenvalue weighted by Gasteiger charge is -2.32. The van der Waals surface area contributed by atoms with E-state index in [1.807, 2.05) is 4.90 Å². The zero-order valence-electron chi connectivity index (χ0n) is 11.1. The number of anilines is 3. The molecule has 1 aliphatic carbocycles. The van der Waals surface area contributed by atoms with Crippen molar-refractivity contribution in [1.82, 2.24) is 15.0 Å². The van der Waals surface area contributed by atoms with Crippen LogP contribution in [0.25, 0.3) is 0 Å². The predicted octanol–water partition coefficient (Wildman–Crippen LogP) is -1.07. The van der Waals surface area contributed by atoms with Crippen LogP contribution < -0.4 is 21.5 Å². The van der Waals surface area contributed by atoms with E-state index in [-0.39, 0.29) is 12.1 Å². The van der Waals surface area contributed by atoms with Crippen LogP contribution in [0, 0.1) is 0 Å². The lowest BCUT2D eigenvalue weighted by atomic mass is 9.90. The van der Waals surface area contributed by atoms with E-state index in [9.17, 15) is 5.11 Å². The minimum atomic E-state index is -0.222. The molecule has 0 radical (unpaired) electrons. The summed E-state index contributed by atoms with van der Waals surface area (Å²) >= 11 is 0. The summed E-state index contributed by atoms with van der Waals surface area (Å²) in [5, 5.41) is 12.5. The summed E-state index contributed by atoms with van der Waals surface area (Å²) in [5.74, 6) is 6.79. The molecule has 2 heterocycles. The topological polar surface area (TPSA) is 121 Å². The SMILES string of the molecule is NNc1nc(NC2CC(O)C2)nc(N2CCOCC2)n1. The van der Waals surface area contributed by atoms with Crippen LogP contribution in [-0.4, -0.2) is 58.5 Å². The van der Waals surface area contributed by atoms with Gasteiger partial charge in [-0.1, -0.05) is 0 Å². The molecule has 110 valence electrons. The van der Waals surface area contributed by atoms with E-state index in [1.165, 1.54) is 0 Å². The fourth-order valence-electron chi connectivity index (χ4n) is 2.29. The number of ether oxygens (including phenoxy) is 1. The van der Waals surface area contributed by atoms with Crippen molar-refractivity contribution in [1.29, 1.82) is 0 Å². The van der Waals surface area contributed by atoms with Crippen molar-refractivity contribution < 1.29 is 9.84 Å². The highest BCUT2D eigenvalue weighted by molar-refractivity contribution is 5.44. The highest BCUT2D eigenvalue weighted by atomic mass is 16.5. The van der Waals surface area contributed by atoms with Gasteiger partial charge in [-0.3, -0.25) is 5.43 Å². The third-order valence-corrected chi connectivity index (χ3v) is 3.49. The molecule has 0 aromatic carbocycles. The number of hydrazine groups is 1. The van der Waals surface area contributed by atoms with Crippen molar-refractivity contribution >= 4 is 17.8 Å². The number of morpholine rings is 1. The van der Waals surface area contributed by atoms with Crippen molar-refractivity contribution in [3.05, 3.63) is 0 Å². The quantitative estimate of drug-likeness (QED) is 0.403. The van der Waals surface area contributed by atoms with Gasteiger partial charge in [0.2, 0.25) is 17.8 Å². The maximum absolute atomic E-state index is 9.31. The van der Waals surface area contributed by atoms with Gasteiger partial charge >= 0.3 is 0 Å². The van der Waals surface area contributed by atoms with Crippen LogP contribution in [0.4, 0.5) is 17.8 Å². The Balaban J connectivity index is 1.75. The molecule has 1 aliphatic heterocycles. The number of hydrogen-bond acceptors (Lipinski definition) is 9. The summed E-state index contributed by atoms with van der Waals surface area (Å²) in [6, 6.07) is 0.204. The van der Waals surface area contributed by atoms with Crippen LogP contribution in [0.15, 0.2) is 0 Å². The average Bonchev–Trinajstić information content (AvgIpc) is 2.46. The number of nitrogens with zero attached hydrogens (tertiary/aromatic N) is 4. The lowest BCUT2D eigenvalue weighted by molar-refractivity contribution is 0.0834. The van der Waals surface area contributed by atoms with Gasteiger partial charge < -0.3 is 20.1 Å². The van der Waals surface area contributed by atoms with E-state index in [4.69, 9.17) is 10.6 Å². The molecule has 0 unspecified atom stereocenters. The molecular weight excluding hydrogens is 262 g/mol. The molecule has 3 rings (SSSR count). The van der Waals surface area contributed by atoms with Gasteiger partial charge in [0.1, 0.15) is 0 Å². The third-order valence-electron chi connectivity index (χ3n) is 3.49. The molecule has 2 fully saturated rings. The zero-order chi connectivity index (χ0) is 13.9. The summed E-state index contributed by atoms with van der Waals surface area (Å²) in [4.78, 5) is 14.9. The second-order valence-corrected chi connectivity index (χ2v) is 4.99. The summed E-state index contributed by atoms with van der Waals surface area (Å²) in [7, 11) is 0. The smallest absolute Gasteiger partial charge is 0.243 e. The molecule has 2 aliphatic rings. The molecule has 1 saturated carbocycles. The highest BCUT2D eigenvalue weighted by Crippen LogP contribution is 2.23. The monoisotopic (exact) mass is 281 g/mol. The molecule has 1 aromatic heterocycles. The first-order chi connectivity index (χ1) is 9.74. The van der Waals surface area contributed by atoms with Gasteiger partial charge in [0, 0.05) is 19.1 Å². The lowest BCUT2D eigenvalue weighted by Crippen LogP contribution is -2.40. The Bertz CT molecular complexity index is 460. The van der Waals surface area contributed by atoms with Crippen molar-refractivity contribution in [2.24, 2.45) is 5.84 Å². The largest absolute Gasteiger partial charge is 0.393 e. The Morgan fingerprint density at radius 1 is 1.15 bits per heavy atom. The standard InChI is InChI=1S/C11H19N7O2/c12-17-10-14-9(13-7-5-8(19)6-7)15-11(16-10)18-1-3-20-4-2-18/h7-8,19H,1-6,12H2,(H2,13,14,15,16,17). The Hall–Kier alpha value is -1.71. The van der Waals surface area contributed by atoms with Gasteiger partial charge in [-0.05, 0) is 12.8 Å². The van der Waals surface area contributed by atoms with E-state index < -0.39 is 0 Å². The summed E-state index contributed by atoms with van der Waals surface area (Å²) in [6.07, 6.45) is 1.20. The summed E-state index contributed by atoms with van der Waals surface area (Å²) < 4.78 is 5.31. The fraction of sp³-hybridized carbons (Fsp3) is 0.727. The number of nitrogen functional groups attached to an aromatic ring is 1. The maximum Gasteiger partial charge on any atom is 0.243 e. The van der Waals surface area contributed by atoms with Gasteiger partial charge in [-0.25, -0.2) is 5.84 Å². The van der Waals surface area contributed by atoms with Crippen molar-refractivity contribution in [2.75, 3.05) is 41.9 Å². The van der Waals surface area contributed by atoms with Gasteiger partial charge in [0.05, 0.1) is 19.3 Å². The minimum absolute atomic E-state index is 0.204. The van der Waals surface area contributed by atoms with E-state index in [2.05, 4.69) is 25.7 Å². The zero-order valence-corrected chi connectivity index (χ0v) is 11.1. The highest BCUT2D eigenvalue weighted by Gasteiger charge is 2.28. The molecule has 9 heteroatoms. The van der Waals surface area contributed by atoms with E-state index in [0.717, 1.165) is 13.1 Å². The first-order valence-corrected chi connectivity index (χ1v) is 6.74. The molecule has 0 spiro atoms. The molecule has 0 amide bonds. The van der Waals surface area contributed by atoms with Crippen molar-refractivity contribution in [2.45, 2.75) is 25.0 Å². The van der Waals surface area contributed by atoms with Gasteiger partial charge in [-0.2, -0.15) is 15.0 Å². The number of aromatic nitrogens is 3. The second-order valence-electron chi connectivity index (χ2n) is 4.99. The number of aliphatic hydroxyl groups is 1. The van der Waals surface area contributed by atoms with E-state index in [0.29, 0.717) is 43.9 Å². The van der Waals surface area contributed by atoms with Crippen LogP contribution in [0.3, 0.4) is 0 Å². The normalized spacial score (nSPS) is 26.0. The molecular formula is C11H19N7O2. The summed E-state index contributed by atoms with van der Waals surface area (Å²) in [6.45, 7) is 2.81. The maximum atomic E-state index is 9.31. The number of nitrogens with two attached hydrogens (primary N) is 1. The summed E-state index contributed by atoms with van der Waals surface area (Å²) in [5.41, 5.74) is 2.46. The first kappa shape index (κ1) is 13.3. The van der Waals surface area contributed by atoms with E-state index in [1.54, 1.807) is 0 Å². The Morgan fingerprint density at radius 3 is 2.50 bits per heavy atom. The van der Waals surface area contributed by atoms with Crippen LogP contribution in [0.2, 0.25) is 0 Å². The Morgan fingerprint density at radius 2 is 1.85 bits per heavy atom. The third kappa shape index (κ3) is 2.89. The average molecular weight is 281 g/mol. The van der Waals surface area contributed by atoms with Gasteiger partial charge in [-0.15, -0.1) is 0 Å². The molecule has 0 bridgehead atoms. The number of hydrogen-bond donors (Lipinski definition) is 4.